The van der Waals surface area contributed by atoms with Gasteiger partial charge in [0.25, 0.3) is 0 Å². The van der Waals surface area contributed by atoms with E-state index in [4.69, 9.17) is 0 Å². The zero-order valence-corrected chi connectivity index (χ0v) is 16.1. The summed E-state index contributed by atoms with van der Waals surface area (Å²) in [4.78, 5) is 6.02. The molecule has 3 nitrogen and oxygen atoms in total. The van der Waals surface area contributed by atoms with E-state index in [0.717, 1.165) is 38.2 Å². The zero-order chi connectivity index (χ0) is 18.4. The third-order valence-electron chi connectivity index (χ3n) is 5.05. The molecule has 0 amide bonds. The van der Waals surface area contributed by atoms with Gasteiger partial charge in [-0.15, -0.1) is 11.8 Å². The molecule has 3 rings (SSSR count). The van der Waals surface area contributed by atoms with Crippen molar-refractivity contribution in [1.29, 1.82) is 0 Å². The van der Waals surface area contributed by atoms with E-state index in [1.165, 1.54) is 16.5 Å². The van der Waals surface area contributed by atoms with Crippen molar-refractivity contribution in [2.75, 3.05) is 32.5 Å². The lowest BCUT2D eigenvalue weighted by atomic mass is 10.1. The summed E-state index contributed by atoms with van der Waals surface area (Å²) in [5, 5.41) is 9.47. The molecular formula is C21H27FN2OS. The van der Waals surface area contributed by atoms with Gasteiger partial charge in [0.2, 0.25) is 0 Å². The van der Waals surface area contributed by atoms with E-state index in [1.807, 2.05) is 12.1 Å². The Morgan fingerprint density at radius 3 is 2.54 bits per heavy atom. The summed E-state index contributed by atoms with van der Waals surface area (Å²) < 4.78 is 14.0. The second kappa shape index (κ2) is 9.51. The topological polar surface area (TPSA) is 26.7 Å². The van der Waals surface area contributed by atoms with Crippen molar-refractivity contribution in [2.45, 2.75) is 30.4 Å². The normalized spacial score (nSPS) is 19.0. The fourth-order valence-electron chi connectivity index (χ4n) is 3.57. The Bertz CT molecular complexity index is 695. The molecule has 26 heavy (non-hydrogen) atoms. The Morgan fingerprint density at radius 1 is 1.08 bits per heavy atom. The van der Waals surface area contributed by atoms with E-state index in [0.29, 0.717) is 6.54 Å². The van der Waals surface area contributed by atoms with Gasteiger partial charge < -0.3 is 5.11 Å². The smallest absolute Gasteiger partial charge is 0.127 e. The molecule has 1 aliphatic rings. The average molecular weight is 375 g/mol. The quantitative estimate of drug-likeness (QED) is 0.749. The van der Waals surface area contributed by atoms with Crippen LogP contribution >= 0.6 is 11.8 Å². The van der Waals surface area contributed by atoms with Crippen LogP contribution in [0.25, 0.3) is 0 Å². The van der Waals surface area contributed by atoms with Crippen molar-refractivity contribution in [2.24, 2.45) is 0 Å². The lowest BCUT2D eigenvalue weighted by Crippen LogP contribution is -2.52. The molecule has 0 bridgehead atoms. The fourth-order valence-corrected chi connectivity index (χ4v) is 3.97. The minimum Gasteiger partial charge on any atom is -0.396 e. The van der Waals surface area contributed by atoms with Gasteiger partial charge in [-0.2, -0.15) is 0 Å². The number of hydrogen-bond acceptors (Lipinski definition) is 4. The number of benzene rings is 2. The van der Waals surface area contributed by atoms with Crippen LogP contribution in [-0.4, -0.2) is 53.4 Å². The average Bonchev–Trinajstić information content (AvgIpc) is 2.66. The summed E-state index contributed by atoms with van der Waals surface area (Å²) in [6, 6.07) is 15.9. The van der Waals surface area contributed by atoms with Crippen molar-refractivity contribution >= 4 is 11.8 Å². The first-order chi connectivity index (χ1) is 12.7. The van der Waals surface area contributed by atoms with Crippen molar-refractivity contribution in [1.82, 2.24) is 9.80 Å². The molecule has 2 aromatic rings. The molecule has 0 aliphatic carbocycles. The lowest BCUT2D eigenvalue weighted by Gasteiger charge is -2.41. The third-order valence-corrected chi connectivity index (χ3v) is 5.79. The highest BCUT2D eigenvalue weighted by atomic mass is 32.2. The molecule has 140 valence electrons. The predicted molar refractivity (Wildman–Crippen MR) is 106 cm³/mol. The minimum absolute atomic E-state index is 0.147. The predicted octanol–water partition coefficient (Wildman–Crippen LogP) is 3.62. The third kappa shape index (κ3) is 5.07. The van der Waals surface area contributed by atoms with E-state index in [9.17, 15) is 9.50 Å². The van der Waals surface area contributed by atoms with Crippen LogP contribution in [0.3, 0.4) is 0 Å². The summed E-state index contributed by atoms with van der Waals surface area (Å²) in [5.74, 6) is -0.147. The summed E-state index contributed by atoms with van der Waals surface area (Å²) in [6.45, 7) is 4.44. The Labute approximate surface area is 159 Å². The van der Waals surface area contributed by atoms with E-state index in [-0.39, 0.29) is 18.5 Å². The number of hydrogen-bond donors (Lipinski definition) is 1. The molecule has 1 atom stereocenters. The molecule has 1 aliphatic heterocycles. The van der Waals surface area contributed by atoms with Crippen LogP contribution in [0.5, 0.6) is 0 Å². The molecular weight excluding hydrogens is 347 g/mol. The van der Waals surface area contributed by atoms with Crippen molar-refractivity contribution in [3.8, 4) is 0 Å². The molecule has 5 heteroatoms. The standard InChI is InChI=1S/C21H27FN2OS/c1-26-20-8-6-17(7-9-20)14-23-11-12-24(19(16-23)10-13-25)15-18-4-2-3-5-21(18)22/h2-9,19,25H,10-16H2,1H3. The van der Waals surface area contributed by atoms with Crippen LogP contribution in [0.1, 0.15) is 17.5 Å². The largest absolute Gasteiger partial charge is 0.396 e. The molecule has 0 spiro atoms. The zero-order valence-electron chi connectivity index (χ0n) is 15.3. The second-order valence-electron chi connectivity index (χ2n) is 6.81. The van der Waals surface area contributed by atoms with Gasteiger partial charge in [0.05, 0.1) is 0 Å². The monoisotopic (exact) mass is 374 g/mol. The number of thioether (sulfide) groups is 1. The molecule has 1 N–H and O–H groups in total. The van der Waals surface area contributed by atoms with Crippen LogP contribution in [0.15, 0.2) is 53.4 Å². The molecule has 1 fully saturated rings. The van der Waals surface area contributed by atoms with E-state index >= 15 is 0 Å². The first-order valence-corrected chi connectivity index (χ1v) is 10.4. The van der Waals surface area contributed by atoms with Gasteiger partial charge in [0.15, 0.2) is 0 Å². The first-order valence-electron chi connectivity index (χ1n) is 9.13. The van der Waals surface area contributed by atoms with Gasteiger partial charge in [-0.05, 0) is 36.4 Å². The van der Waals surface area contributed by atoms with Crippen molar-refractivity contribution in [3.63, 3.8) is 0 Å². The Hall–Kier alpha value is -1.40. The minimum atomic E-state index is -0.147. The van der Waals surface area contributed by atoms with Gasteiger partial charge in [0, 0.05) is 55.8 Å². The fraction of sp³-hybridized carbons (Fsp3) is 0.429. The van der Waals surface area contributed by atoms with Crippen molar-refractivity contribution in [3.05, 3.63) is 65.5 Å². The number of halogens is 1. The van der Waals surface area contributed by atoms with E-state index < -0.39 is 0 Å². The van der Waals surface area contributed by atoms with Gasteiger partial charge in [-0.1, -0.05) is 30.3 Å². The maximum absolute atomic E-state index is 14.0. The van der Waals surface area contributed by atoms with E-state index in [2.05, 4.69) is 40.3 Å². The van der Waals surface area contributed by atoms with Crippen LogP contribution < -0.4 is 0 Å². The highest BCUT2D eigenvalue weighted by Crippen LogP contribution is 2.21. The Kier molecular flexibility index (Phi) is 7.08. The van der Waals surface area contributed by atoms with E-state index in [1.54, 1.807) is 17.8 Å². The lowest BCUT2D eigenvalue weighted by molar-refractivity contribution is 0.0493. The van der Waals surface area contributed by atoms with Crippen LogP contribution in [0.4, 0.5) is 4.39 Å². The molecule has 1 unspecified atom stereocenters. The van der Waals surface area contributed by atoms with Crippen molar-refractivity contribution < 1.29 is 9.50 Å². The highest BCUT2D eigenvalue weighted by molar-refractivity contribution is 7.98. The first kappa shape index (κ1) is 19.4. The maximum Gasteiger partial charge on any atom is 0.127 e. The van der Waals surface area contributed by atoms with Gasteiger partial charge in [0.1, 0.15) is 5.82 Å². The molecule has 0 radical (unpaired) electrons. The van der Waals surface area contributed by atoms with Gasteiger partial charge >= 0.3 is 0 Å². The summed E-state index contributed by atoms with van der Waals surface area (Å²) in [7, 11) is 0. The van der Waals surface area contributed by atoms with Gasteiger partial charge in [-0.25, -0.2) is 4.39 Å². The van der Waals surface area contributed by atoms with Crippen LogP contribution in [0, 0.1) is 5.82 Å². The Morgan fingerprint density at radius 2 is 1.85 bits per heavy atom. The Balaban J connectivity index is 1.62. The number of aliphatic hydroxyl groups is 1. The van der Waals surface area contributed by atoms with Crippen LogP contribution in [-0.2, 0) is 13.1 Å². The number of piperazine rings is 1. The molecule has 2 aromatic carbocycles. The highest BCUT2D eigenvalue weighted by Gasteiger charge is 2.27. The second-order valence-corrected chi connectivity index (χ2v) is 7.69. The summed E-state index contributed by atoms with van der Waals surface area (Å²) >= 11 is 1.75. The van der Waals surface area contributed by atoms with Gasteiger partial charge in [-0.3, -0.25) is 9.80 Å². The summed E-state index contributed by atoms with van der Waals surface area (Å²) in [5.41, 5.74) is 2.05. The number of aliphatic hydroxyl groups excluding tert-OH is 1. The van der Waals surface area contributed by atoms with Crippen LogP contribution in [0.2, 0.25) is 0 Å². The maximum atomic E-state index is 14.0. The number of nitrogens with zero attached hydrogens (tertiary/aromatic N) is 2. The summed E-state index contributed by atoms with van der Waals surface area (Å²) in [6.07, 6.45) is 2.81. The molecule has 1 saturated heterocycles. The molecule has 0 aromatic heterocycles. The molecule has 0 saturated carbocycles. The number of rotatable bonds is 7. The SMILES string of the molecule is CSc1ccc(CN2CCN(Cc3ccccc3F)C(CCO)C2)cc1. The molecule has 1 heterocycles.